The van der Waals surface area contributed by atoms with Crippen LogP contribution in [0.25, 0.3) is 0 Å². The molecule has 2 aliphatic heterocycles. The van der Waals surface area contributed by atoms with Crippen LogP contribution in [-0.2, 0) is 9.53 Å². The van der Waals surface area contributed by atoms with Gasteiger partial charge in [-0.25, -0.2) is 13.6 Å². The second-order valence-corrected chi connectivity index (χ2v) is 15.0. The second kappa shape index (κ2) is 21.3. The number of ketones is 1. The molecule has 2 heterocycles. The largest absolute Gasteiger partial charge is 0.465 e. The lowest BCUT2D eigenvalue weighted by Crippen LogP contribution is -2.56. The minimum atomic E-state index is -0.880. The molecule has 3 amide bonds. The zero-order chi connectivity index (χ0) is 41.6. The number of amides is 3. The number of halogens is 4. The molecule has 2 atom stereocenters. The summed E-state index contributed by atoms with van der Waals surface area (Å²) in [6.07, 6.45) is 0. The SMILES string of the molecule is COC(=O)c1ccc(Br)cc1F.C[C@@H]1CN(C(=O)c2ccccc2)CCN1C(=O)C(=O)c1ccc(Br)cc1F.C[C@@H]1CN(C(=O)c2ccccc2)CCN1CC#N. The molecule has 0 bridgehead atoms. The lowest BCUT2D eigenvalue weighted by molar-refractivity contribution is -0.130. The minimum Gasteiger partial charge on any atom is -0.465 e. The summed E-state index contributed by atoms with van der Waals surface area (Å²) in [6.45, 7) is 7.28. The van der Waals surface area contributed by atoms with Crippen LogP contribution in [-0.4, -0.2) is 114 Å². The summed E-state index contributed by atoms with van der Waals surface area (Å²) in [5.74, 6) is -3.66. The molecule has 298 valence electrons. The van der Waals surface area contributed by atoms with E-state index in [1.165, 1.54) is 36.3 Å². The van der Waals surface area contributed by atoms with Gasteiger partial charge >= 0.3 is 5.97 Å². The van der Waals surface area contributed by atoms with E-state index in [4.69, 9.17) is 5.26 Å². The Labute approximate surface area is 347 Å². The first kappa shape index (κ1) is 44.4. The van der Waals surface area contributed by atoms with Gasteiger partial charge in [-0.05, 0) is 74.5 Å². The number of nitriles is 1. The molecule has 6 rings (SSSR count). The number of piperazine rings is 2. The highest BCUT2D eigenvalue weighted by atomic mass is 79.9. The molecule has 0 unspecified atom stereocenters. The summed E-state index contributed by atoms with van der Waals surface area (Å²) in [5, 5.41) is 8.72. The summed E-state index contributed by atoms with van der Waals surface area (Å²) in [7, 11) is 1.21. The topological polar surface area (TPSA) is 131 Å². The van der Waals surface area contributed by atoms with Gasteiger partial charge in [0.1, 0.15) is 11.6 Å². The molecule has 4 aromatic rings. The maximum Gasteiger partial charge on any atom is 0.340 e. The number of methoxy groups -OCH3 is 1. The van der Waals surface area contributed by atoms with E-state index in [9.17, 15) is 32.8 Å². The van der Waals surface area contributed by atoms with Gasteiger partial charge in [-0.2, -0.15) is 5.26 Å². The monoisotopic (exact) mass is 907 g/mol. The van der Waals surface area contributed by atoms with Crippen molar-refractivity contribution in [3.05, 3.63) is 140 Å². The Hall–Kier alpha value is -5.30. The highest BCUT2D eigenvalue weighted by Gasteiger charge is 2.34. The van der Waals surface area contributed by atoms with E-state index >= 15 is 0 Å². The van der Waals surface area contributed by atoms with E-state index in [0.717, 1.165) is 18.2 Å². The Kier molecular flexibility index (Phi) is 16.6. The molecular weight excluding hydrogens is 868 g/mol. The molecule has 4 aromatic carbocycles. The fraction of sp³-hybridized carbons (Fsp3) is 0.286. The van der Waals surface area contributed by atoms with Crippen LogP contribution in [0.3, 0.4) is 0 Å². The number of Topliss-reactive ketones (excluding diaryl/α,β-unsaturated/α-hetero) is 1. The maximum absolute atomic E-state index is 14.0. The summed E-state index contributed by atoms with van der Waals surface area (Å²) in [4.78, 5) is 67.7. The van der Waals surface area contributed by atoms with Crippen LogP contribution >= 0.6 is 31.9 Å². The van der Waals surface area contributed by atoms with Gasteiger partial charge in [0.25, 0.3) is 23.5 Å². The molecule has 0 N–H and O–H groups in total. The first-order valence-electron chi connectivity index (χ1n) is 17.9. The quantitative estimate of drug-likeness (QED) is 0.0887. The summed E-state index contributed by atoms with van der Waals surface area (Å²) < 4.78 is 32.4. The van der Waals surface area contributed by atoms with Crippen LogP contribution in [0.15, 0.2) is 106 Å². The molecule has 0 radical (unpaired) electrons. The molecule has 0 spiro atoms. The predicted molar refractivity (Wildman–Crippen MR) is 216 cm³/mol. The molecular formula is C42H41Br2F2N5O6. The Morgan fingerprint density at radius 2 is 1.18 bits per heavy atom. The summed E-state index contributed by atoms with van der Waals surface area (Å²) in [5.41, 5.74) is 1.01. The Bertz CT molecular complexity index is 2100. The fourth-order valence-electron chi connectivity index (χ4n) is 6.16. The third-order valence-electron chi connectivity index (χ3n) is 9.25. The Morgan fingerprint density at radius 1 is 0.702 bits per heavy atom. The Balaban J connectivity index is 0.000000206. The average molecular weight is 910 g/mol. The van der Waals surface area contributed by atoms with Crippen molar-refractivity contribution in [3.63, 3.8) is 0 Å². The molecule has 0 aromatic heterocycles. The van der Waals surface area contributed by atoms with E-state index in [2.05, 4.69) is 54.5 Å². The zero-order valence-corrected chi connectivity index (χ0v) is 34.7. The van der Waals surface area contributed by atoms with Crippen LogP contribution in [0.4, 0.5) is 8.78 Å². The number of ether oxygens (including phenoxy) is 1. The third kappa shape index (κ3) is 12.1. The molecule has 15 heteroatoms. The van der Waals surface area contributed by atoms with Gasteiger partial charge in [-0.15, -0.1) is 0 Å². The standard InChI is InChI=1S/C20H18BrFN2O3.C14H17N3O.C8H6BrFO2/c1-13-12-23(19(26)14-5-3-2-4-6-14)9-10-24(13)20(27)18(25)16-8-7-15(21)11-17(16)22;1-12-11-17(10-9-16(12)8-7-15)14(18)13-5-3-2-4-6-13;1-12-8(11)6-3-2-5(9)4-7(6)10/h2-8,11,13H,9-10,12H2,1H3;2-6,12H,8-11H2,1H3;2-4H,1H3/t13-;12-;/m11./s1. The van der Waals surface area contributed by atoms with Gasteiger partial charge in [-0.1, -0.05) is 68.3 Å². The number of benzene rings is 4. The van der Waals surface area contributed by atoms with Gasteiger partial charge in [0.05, 0.1) is 30.9 Å². The first-order chi connectivity index (χ1) is 27.2. The molecule has 11 nitrogen and oxygen atoms in total. The van der Waals surface area contributed by atoms with Crippen LogP contribution in [0, 0.1) is 23.0 Å². The molecule has 0 saturated carbocycles. The number of carbonyl (C=O) groups excluding carboxylic acids is 5. The second-order valence-electron chi connectivity index (χ2n) is 13.1. The van der Waals surface area contributed by atoms with E-state index in [0.29, 0.717) is 47.2 Å². The van der Waals surface area contributed by atoms with Crippen molar-refractivity contribution in [2.75, 3.05) is 52.9 Å². The maximum atomic E-state index is 14.0. The highest BCUT2D eigenvalue weighted by Crippen LogP contribution is 2.20. The fourth-order valence-corrected chi connectivity index (χ4v) is 6.83. The van der Waals surface area contributed by atoms with Crippen molar-refractivity contribution < 1.29 is 37.5 Å². The van der Waals surface area contributed by atoms with E-state index in [-0.39, 0.29) is 41.6 Å². The zero-order valence-electron chi connectivity index (χ0n) is 31.5. The molecule has 2 saturated heterocycles. The number of nitrogens with zero attached hydrogens (tertiary/aromatic N) is 5. The molecule has 2 aliphatic rings. The third-order valence-corrected chi connectivity index (χ3v) is 10.2. The van der Waals surface area contributed by atoms with Crippen molar-refractivity contribution in [1.82, 2.24) is 19.6 Å². The number of rotatable bonds is 6. The molecule has 57 heavy (non-hydrogen) atoms. The van der Waals surface area contributed by atoms with Gasteiger partial charge in [0.15, 0.2) is 0 Å². The first-order valence-corrected chi connectivity index (χ1v) is 19.5. The lowest BCUT2D eigenvalue weighted by atomic mass is 10.1. The van der Waals surface area contributed by atoms with E-state index in [1.54, 1.807) is 42.2 Å². The van der Waals surface area contributed by atoms with Gasteiger partial charge in [0.2, 0.25) is 0 Å². The number of carbonyl (C=O) groups is 5. The van der Waals surface area contributed by atoms with Gasteiger partial charge < -0.3 is 19.4 Å². The molecule has 0 aliphatic carbocycles. The van der Waals surface area contributed by atoms with E-state index < -0.39 is 29.3 Å². The number of hydrogen-bond donors (Lipinski definition) is 0. The summed E-state index contributed by atoms with van der Waals surface area (Å²) >= 11 is 6.20. The van der Waals surface area contributed by atoms with Gasteiger partial charge in [-0.3, -0.25) is 24.1 Å². The number of esters is 1. The Morgan fingerprint density at radius 3 is 1.61 bits per heavy atom. The van der Waals surface area contributed by atoms with Crippen molar-refractivity contribution in [3.8, 4) is 6.07 Å². The van der Waals surface area contributed by atoms with Crippen molar-refractivity contribution in [1.29, 1.82) is 5.26 Å². The smallest absolute Gasteiger partial charge is 0.340 e. The minimum absolute atomic E-state index is 0.0549. The predicted octanol–water partition coefficient (Wildman–Crippen LogP) is 6.88. The van der Waals surface area contributed by atoms with Crippen molar-refractivity contribution in [2.24, 2.45) is 0 Å². The highest BCUT2D eigenvalue weighted by molar-refractivity contribution is 9.10. The van der Waals surface area contributed by atoms with Crippen LogP contribution in [0.1, 0.15) is 55.3 Å². The van der Waals surface area contributed by atoms with E-state index in [1.807, 2.05) is 41.3 Å². The average Bonchev–Trinajstić information content (AvgIpc) is 3.21. The van der Waals surface area contributed by atoms with Gasteiger partial charge in [0, 0.05) is 71.4 Å². The van der Waals surface area contributed by atoms with Crippen molar-refractivity contribution >= 4 is 61.3 Å². The summed E-state index contributed by atoms with van der Waals surface area (Å²) in [6, 6.07) is 28.4. The van der Waals surface area contributed by atoms with Crippen LogP contribution < -0.4 is 0 Å². The normalized spacial score (nSPS) is 16.5. The van der Waals surface area contributed by atoms with Crippen LogP contribution in [0.5, 0.6) is 0 Å². The van der Waals surface area contributed by atoms with Crippen LogP contribution in [0.2, 0.25) is 0 Å². The molecule has 2 fully saturated rings. The number of hydrogen-bond acceptors (Lipinski definition) is 8. The van der Waals surface area contributed by atoms with Crippen molar-refractivity contribution in [2.45, 2.75) is 25.9 Å². The lowest BCUT2D eigenvalue weighted by Gasteiger charge is -2.39.